The maximum Gasteiger partial charge on any atom is 0.208 e. The molecule has 134 valence electrons. The van der Waals surface area contributed by atoms with Gasteiger partial charge in [-0.1, -0.05) is 23.5 Å². The Balaban J connectivity index is 1.36. The molecular formula is C19H18F2N4S. The van der Waals surface area contributed by atoms with Crippen LogP contribution in [0.3, 0.4) is 0 Å². The van der Waals surface area contributed by atoms with Crippen LogP contribution in [0.15, 0.2) is 42.6 Å². The molecular weight excluding hydrogens is 354 g/mol. The van der Waals surface area contributed by atoms with E-state index >= 15 is 0 Å². The number of nitrogens with zero attached hydrogens (tertiary/aromatic N) is 4. The van der Waals surface area contributed by atoms with Crippen molar-refractivity contribution in [3.05, 3.63) is 59.8 Å². The van der Waals surface area contributed by atoms with Crippen molar-refractivity contribution >= 4 is 16.5 Å². The van der Waals surface area contributed by atoms with Crippen molar-refractivity contribution in [2.45, 2.75) is 19.3 Å². The lowest BCUT2D eigenvalue weighted by Gasteiger charge is -2.31. The molecule has 7 heteroatoms. The highest BCUT2D eigenvalue weighted by Crippen LogP contribution is 2.31. The van der Waals surface area contributed by atoms with E-state index in [9.17, 15) is 8.78 Å². The minimum absolute atomic E-state index is 0.472. The summed E-state index contributed by atoms with van der Waals surface area (Å²) in [5.74, 6) is -1.08. The van der Waals surface area contributed by atoms with Crippen LogP contribution in [0.25, 0.3) is 10.7 Å². The number of hydrogen-bond donors (Lipinski definition) is 0. The van der Waals surface area contributed by atoms with E-state index in [1.165, 1.54) is 12.1 Å². The van der Waals surface area contributed by atoms with Gasteiger partial charge < -0.3 is 4.90 Å². The Bertz CT molecular complexity index is 876. The number of piperidine rings is 1. The number of pyridine rings is 1. The van der Waals surface area contributed by atoms with E-state index in [4.69, 9.17) is 0 Å². The number of halogens is 2. The number of hydrogen-bond acceptors (Lipinski definition) is 5. The monoisotopic (exact) mass is 372 g/mol. The quantitative estimate of drug-likeness (QED) is 0.683. The number of rotatable bonds is 4. The first-order valence-electron chi connectivity index (χ1n) is 8.63. The molecule has 0 bridgehead atoms. The second-order valence-corrected chi connectivity index (χ2v) is 7.44. The summed E-state index contributed by atoms with van der Waals surface area (Å²) in [6, 6.07) is 9.94. The molecule has 0 unspecified atom stereocenters. The van der Waals surface area contributed by atoms with Crippen LogP contribution in [0.2, 0.25) is 0 Å². The zero-order valence-corrected chi connectivity index (χ0v) is 14.9. The van der Waals surface area contributed by atoms with Crippen molar-refractivity contribution < 1.29 is 8.78 Å². The van der Waals surface area contributed by atoms with E-state index in [0.29, 0.717) is 5.92 Å². The van der Waals surface area contributed by atoms with E-state index in [1.54, 1.807) is 23.6 Å². The fourth-order valence-corrected chi connectivity index (χ4v) is 4.14. The third-order valence-electron chi connectivity index (χ3n) is 4.69. The van der Waals surface area contributed by atoms with Crippen LogP contribution in [-0.4, -0.2) is 28.3 Å². The summed E-state index contributed by atoms with van der Waals surface area (Å²) in [7, 11) is 0. The topological polar surface area (TPSA) is 41.9 Å². The van der Waals surface area contributed by atoms with Crippen molar-refractivity contribution in [3.63, 3.8) is 0 Å². The molecule has 0 saturated carbocycles. The van der Waals surface area contributed by atoms with Crippen molar-refractivity contribution in [1.29, 1.82) is 0 Å². The molecule has 0 amide bonds. The Morgan fingerprint density at radius 1 is 1.04 bits per heavy atom. The molecule has 0 radical (unpaired) electrons. The van der Waals surface area contributed by atoms with E-state index in [0.717, 1.165) is 53.7 Å². The van der Waals surface area contributed by atoms with Crippen LogP contribution in [-0.2, 0) is 6.42 Å². The van der Waals surface area contributed by atoms with E-state index in [-0.39, 0.29) is 0 Å². The van der Waals surface area contributed by atoms with Gasteiger partial charge in [0.2, 0.25) is 5.13 Å². The van der Waals surface area contributed by atoms with Gasteiger partial charge in [0.05, 0.1) is 0 Å². The standard InChI is InChI=1S/C19H18F2N4S/c20-15-5-4-14(12-16(15)21)11-13-6-9-25(10-7-13)19-24-23-18(26-19)17-3-1-2-8-22-17/h1-5,8,12-13H,6-7,9-11H2. The molecule has 1 aliphatic heterocycles. The van der Waals surface area contributed by atoms with Gasteiger partial charge in [0.1, 0.15) is 5.69 Å². The lowest BCUT2D eigenvalue weighted by molar-refractivity contribution is 0.401. The summed E-state index contributed by atoms with van der Waals surface area (Å²) in [5, 5.41) is 10.3. The highest BCUT2D eigenvalue weighted by molar-refractivity contribution is 7.18. The molecule has 0 spiro atoms. The third-order valence-corrected chi connectivity index (χ3v) is 5.70. The minimum Gasteiger partial charge on any atom is -0.347 e. The first-order chi connectivity index (χ1) is 12.7. The minimum atomic E-state index is -0.788. The van der Waals surface area contributed by atoms with Gasteiger partial charge >= 0.3 is 0 Å². The predicted octanol–water partition coefficient (Wildman–Crippen LogP) is 4.34. The predicted molar refractivity (Wildman–Crippen MR) is 98.1 cm³/mol. The molecule has 1 aromatic carbocycles. The Morgan fingerprint density at radius 3 is 2.62 bits per heavy atom. The molecule has 0 atom stereocenters. The van der Waals surface area contributed by atoms with E-state index in [2.05, 4.69) is 20.1 Å². The molecule has 1 saturated heterocycles. The van der Waals surface area contributed by atoms with Crippen LogP contribution < -0.4 is 4.90 Å². The van der Waals surface area contributed by atoms with Gasteiger partial charge in [-0.3, -0.25) is 4.98 Å². The van der Waals surface area contributed by atoms with Gasteiger partial charge in [0.25, 0.3) is 0 Å². The lowest BCUT2D eigenvalue weighted by Crippen LogP contribution is -2.34. The normalized spacial score (nSPS) is 15.4. The number of aromatic nitrogens is 3. The Morgan fingerprint density at radius 2 is 1.88 bits per heavy atom. The molecule has 0 N–H and O–H groups in total. The molecule has 4 nitrogen and oxygen atoms in total. The van der Waals surface area contributed by atoms with Crippen LogP contribution in [0, 0.1) is 17.6 Å². The SMILES string of the molecule is Fc1ccc(CC2CCN(c3nnc(-c4ccccn4)s3)CC2)cc1F. The smallest absolute Gasteiger partial charge is 0.208 e. The summed E-state index contributed by atoms with van der Waals surface area (Å²) in [5.41, 5.74) is 1.69. The van der Waals surface area contributed by atoms with Gasteiger partial charge in [0.15, 0.2) is 16.6 Å². The maximum absolute atomic E-state index is 13.4. The van der Waals surface area contributed by atoms with Gasteiger partial charge in [-0.05, 0) is 55.0 Å². The molecule has 4 rings (SSSR count). The Hall–Kier alpha value is -2.41. The second kappa shape index (κ2) is 7.45. The second-order valence-electron chi connectivity index (χ2n) is 6.49. The van der Waals surface area contributed by atoms with Crippen LogP contribution in [0.1, 0.15) is 18.4 Å². The summed E-state index contributed by atoms with van der Waals surface area (Å²) in [6.07, 6.45) is 4.52. The summed E-state index contributed by atoms with van der Waals surface area (Å²) >= 11 is 1.55. The molecule has 2 aromatic heterocycles. The third kappa shape index (κ3) is 3.72. The van der Waals surface area contributed by atoms with Crippen LogP contribution >= 0.6 is 11.3 Å². The average molecular weight is 372 g/mol. The van der Waals surface area contributed by atoms with Crippen LogP contribution in [0.5, 0.6) is 0 Å². The fraction of sp³-hybridized carbons (Fsp3) is 0.316. The summed E-state index contributed by atoms with van der Waals surface area (Å²) in [4.78, 5) is 6.55. The summed E-state index contributed by atoms with van der Waals surface area (Å²) < 4.78 is 26.4. The van der Waals surface area contributed by atoms with Crippen molar-refractivity contribution in [2.24, 2.45) is 5.92 Å². The number of anilines is 1. The van der Waals surface area contributed by atoms with Gasteiger partial charge in [-0.25, -0.2) is 8.78 Å². The largest absolute Gasteiger partial charge is 0.347 e. The number of benzene rings is 1. The van der Waals surface area contributed by atoms with Crippen LogP contribution in [0.4, 0.5) is 13.9 Å². The maximum atomic E-state index is 13.4. The molecule has 3 aromatic rings. The van der Waals surface area contributed by atoms with Crippen molar-refractivity contribution in [2.75, 3.05) is 18.0 Å². The Kier molecular flexibility index (Phi) is 4.88. The van der Waals surface area contributed by atoms with Gasteiger partial charge in [-0.2, -0.15) is 0 Å². The first-order valence-corrected chi connectivity index (χ1v) is 9.44. The Labute approximate surface area is 154 Å². The molecule has 0 aliphatic carbocycles. The average Bonchev–Trinajstić information content (AvgIpc) is 3.16. The lowest BCUT2D eigenvalue weighted by atomic mass is 9.90. The van der Waals surface area contributed by atoms with Crippen molar-refractivity contribution in [3.8, 4) is 10.7 Å². The van der Waals surface area contributed by atoms with Crippen molar-refractivity contribution in [1.82, 2.24) is 15.2 Å². The molecule has 3 heterocycles. The summed E-state index contributed by atoms with van der Waals surface area (Å²) in [6.45, 7) is 1.79. The highest BCUT2D eigenvalue weighted by atomic mass is 32.1. The molecule has 1 aliphatic rings. The first kappa shape index (κ1) is 17.0. The van der Waals surface area contributed by atoms with Gasteiger partial charge in [-0.15, -0.1) is 10.2 Å². The van der Waals surface area contributed by atoms with Gasteiger partial charge in [0, 0.05) is 19.3 Å². The fourth-order valence-electron chi connectivity index (χ4n) is 3.26. The molecule has 26 heavy (non-hydrogen) atoms. The highest BCUT2D eigenvalue weighted by Gasteiger charge is 2.22. The zero-order chi connectivity index (χ0) is 17.9. The molecule has 1 fully saturated rings. The van der Waals surface area contributed by atoms with E-state index in [1.807, 2.05) is 18.2 Å². The van der Waals surface area contributed by atoms with E-state index < -0.39 is 11.6 Å². The zero-order valence-electron chi connectivity index (χ0n) is 14.1.